The minimum Gasteiger partial charge on any atom is -0.494 e. The Balaban J connectivity index is 2.45. The number of rotatable bonds is 5. The maximum atomic E-state index is 11.9. The fourth-order valence-electron chi connectivity index (χ4n) is 1.91. The number of nitrogens with one attached hydrogen (secondary N) is 1. The molecule has 0 unspecified atom stereocenters. The van der Waals surface area contributed by atoms with E-state index in [9.17, 15) is 14.7 Å². The lowest BCUT2D eigenvalue weighted by Crippen LogP contribution is -2.32. The van der Waals surface area contributed by atoms with E-state index in [4.69, 9.17) is 0 Å². The summed E-state index contributed by atoms with van der Waals surface area (Å²) < 4.78 is 1.12. The van der Waals surface area contributed by atoms with Crippen LogP contribution >= 0.6 is 0 Å². The molecule has 2 N–H and O–H groups in total. The Bertz CT molecular complexity index is 775. The van der Waals surface area contributed by atoms with Crippen LogP contribution in [0.3, 0.4) is 0 Å². The summed E-state index contributed by atoms with van der Waals surface area (Å²) >= 11 is 0. The molecule has 22 heavy (non-hydrogen) atoms. The van der Waals surface area contributed by atoms with Crippen LogP contribution in [0.25, 0.3) is 0 Å². The van der Waals surface area contributed by atoms with Gasteiger partial charge in [0.2, 0.25) is 5.88 Å². The van der Waals surface area contributed by atoms with Crippen LogP contribution in [0.5, 0.6) is 5.88 Å². The molecule has 0 aliphatic rings. The van der Waals surface area contributed by atoms with Crippen LogP contribution < -0.4 is 11.2 Å². The molecule has 0 saturated heterocycles. The number of aromatic nitrogens is 2. The molecule has 0 aliphatic heterocycles. The highest BCUT2D eigenvalue weighted by Crippen LogP contribution is 2.11. The summed E-state index contributed by atoms with van der Waals surface area (Å²) in [6.07, 6.45) is 2.14. The molecule has 0 amide bonds. The first-order valence-corrected chi connectivity index (χ1v) is 7.16. The quantitative estimate of drug-likeness (QED) is 0.821. The van der Waals surface area contributed by atoms with Gasteiger partial charge in [0.15, 0.2) is 0 Å². The van der Waals surface area contributed by atoms with Gasteiger partial charge in [-0.05, 0) is 18.9 Å². The fourth-order valence-corrected chi connectivity index (χ4v) is 1.91. The van der Waals surface area contributed by atoms with Crippen molar-refractivity contribution in [1.82, 2.24) is 9.55 Å². The molecule has 0 fully saturated rings. The topological polar surface area (TPSA) is 87.4 Å². The average molecular weight is 301 g/mol. The Labute approximate surface area is 127 Å². The van der Waals surface area contributed by atoms with Gasteiger partial charge in [0, 0.05) is 12.3 Å². The van der Waals surface area contributed by atoms with E-state index >= 15 is 0 Å². The first-order chi connectivity index (χ1) is 10.5. The summed E-state index contributed by atoms with van der Waals surface area (Å²) in [7, 11) is 0. The Hall–Kier alpha value is -2.63. The van der Waals surface area contributed by atoms with Gasteiger partial charge < -0.3 is 5.11 Å². The number of nitrogens with zero attached hydrogens (tertiary/aromatic N) is 2. The Kier molecular flexibility index (Phi) is 4.93. The summed E-state index contributed by atoms with van der Waals surface area (Å²) in [4.78, 5) is 30.2. The highest BCUT2D eigenvalue weighted by Gasteiger charge is 2.13. The van der Waals surface area contributed by atoms with Crippen LogP contribution in [0.1, 0.15) is 31.4 Å². The lowest BCUT2D eigenvalue weighted by molar-refractivity contribution is 0.408. The van der Waals surface area contributed by atoms with E-state index in [1.807, 2.05) is 44.2 Å². The minimum absolute atomic E-state index is 0.00386. The summed E-state index contributed by atoms with van der Waals surface area (Å²) in [6, 6.07) is 9.26. The molecule has 1 heterocycles. The third-order valence-electron chi connectivity index (χ3n) is 3.44. The minimum atomic E-state index is -0.646. The van der Waals surface area contributed by atoms with E-state index < -0.39 is 11.2 Å². The maximum absolute atomic E-state index is 11.9. The van der Waals surface area contributed by atoms with Gasteiger partial charge >= 0.3 is 5.69 Å². The molecule has 1 aromatic heterocycles. The third kappa shape index (κ3) is 3.52. The van der Waals surface area contributed by atoms with Crippen LogP contribution in [-0.2, 0) is 6.54 Å². The van der Waals surface area contributed by atoms with Crippen molar-refractivity contribution in [2.75, 3.05) is 0 Å². The lowest BCUT2D eigenvalue weighted by atomic mass is 10.2. The third-order valence-corrected chi connectivity index (χ3v) is 3.44. The van der Waals surface area contributed by atoms with Crippen molar-refractivity contribution in [3.05, 3.63) is 62.3 Å². The van der Waals surface area contributed by atoms with E-state index in [1.165, 1.54) is 6.21 Å². The average Bonchev–Trinajstić information content (AvgIpc) is 2.51. The number of H-pyrrole nitrogens is 1. The van der Waals surface area contributed by atoms with Crippen LogP contribution in [0, 0.1) is 0 Å². The molecule has 2 aromatic rings. The molecule has 116 valence electrons. The van der Waals surface area contributed by atoms with Crippen molar-refractivity contribution in [2.45, 2.75) is 32.9 Å². The van der Waals surface area contributed by atoms with Crippen LogP contribution in [0.4, 0.5) is 0 Å². The van der Waals surface area contributed by atoms with Gasteiger partial charge in [-0.15, -0.1) is 0 Å². The second-order valence-electron chi connectivity index (χ2n) is 5.10. The van der Waals surface area contributed by atoms with Crippen molar-refractivity contribution < 1.29 is 5.11 Å². The van der Waals surface area contributed by atoms with Crippen molar-refractivity contribution in [2.24, 2.45) is 4.99 Å². The molecular weight excluding hydrogens is 282 g/mol. The Morgan fingerprint density at radius 2 is 2.00 bits per heavy atom. The molecule has 6 nitrogen and oxygen atoms in total. The summed E-state index contributed by atoms with van der Waals surface area (Å²) in [5.41, 5.74) is -0.446. The SMILES string of the molecule is CC[C@@H](C)N=Cc1c(O)n(Cc2ccccc2)c(=O)[nH]c1=O. The van der Waals surface area contributed by atoms with E-state index in [2.05, 4.69) is 9.98 Å². The molecule has 6 heteroatoms. The predicted octanol–water partition coefficient (Wildman–Crippen LogP) is 1.51. The first kappa shape index (κ1) is 15.8. The van der Waals surface area contributed by atoms with Crippen molar-refractivity contribution in [1.29, 1.82) is 0 Å². The zero-order valence-corrected chi connectivity index (χ0v) is 12.6. The molecule has 0 radical (unpaired) electrons. The Morgan fingerprint density at radius 1 is 1.32 bits per heavy atom. The van der Waals surface area contributed by atoms with Gasteiger partial charge in [0.1, 0.15) is 5.56 Å². The molecule has 1 aromatic carbocycles. The fraction of sp³-hybridized carbons (Fsp3) is 0.312. The van der Waals surface area contributed by atoms with Gasteiger partial charge in [0.25, 0.3) is 5.56 Å². The van der Waals surface area contributed by atoms with E-state index in [-0.39, 0.29) is 24.0 Å². The standard InChI is InChI=1S/C16H19N3O3/c1-3-11(2)17-9-13-14(20)18-16(22)19(15(13)21)10-12-7-5-4-6-8-12/h4-9,11,21H,3,10H2,1-2H3,(H,18,20,22)/t11-/m1/s1. The zero-order valence-electron chi connectivity index (χ0n) is 12.6. The van der Waals surface area contributed by atoms with Gasteiger partial charge in [-0.1, -0.05) is 37.3 Å². The smallest absolute Gasteiger partial charge is 0.331 e. The zero-order chi connectivity index (χ0) is 16.1. The maximum Gasteiger partial charge on any atom is 0.331 e. The molecular formula is C16H19N3O3. The first-order valence-electron chi connectivity index (χ1n) is 7.16. The van der Waals surface area contributed by atoms with E-state index in [0.717, 1.165) is 16.6 Å². The number of hydrogen-bond donors (Lipinski definition) is 2. The highest BCUT2D eigenvalue weighted by molar-refractivity contribution is 5.82. The van der Waals surface area contributed by atoms with Crippen LogP contribution in [-0.4, -0.2) is 26.9 Å². The monoisotopic (exact) mass is 301 g/mol. The number of hydrogen-bond acceptors (Lipinski definition) is 4. The second kappa shape index (κ2) is 6.89. The van der Waals surface area contributed by atoms with Gasteiger partial charge in [-0.3, -0.25) is 19.3 Å². The number of aliphatic imine (C=N–C) groups is 1. The van der Waals surface area contributed by atoms with Crippen molar-refractivity contribution in [3.63, 3.8) is 0 Å². The number of aromatic amines is 1. The van der Waals surface area contributed by atoms with E-state index in [0.29, 0.717) is 0 Å². The molecule has 0 aliphatic carbocycles. The summed E-state index contributed by atoms with van der Waals surface area (Å²) in [5.74, 6) is -0.371. The molecule has 2 rings (SSSR count). The van der Waals surface area contributed by atoms with Crippen molar-refractivity contribution >= 4 is 6.21 Å². The lowest BCUT2D eigenvalue weighted by Gasteiger charge is -2.10. The van der Waals surface area contributed by atoms with Gasteiger partial charge in [0.05, 0.1) is 6.54 Å². The molecule has 0 spiro atoms. The number of benzene rings is 1. The number of aromatic hydroxyl groups is 1. The second-order valence-corrected chi connectivity index (χ2v) is 5.10. The van der Waals surface area contributed by atoms with Crippen LogP contribution in [0.2, 0.25) is 0 Å². The normalized spacial score (nSPS) is 12.6. The van der Waals surface area contributed by atoms with Crippen LogP contribution in [0.15, 0.2) is 44.9 Å². The summed E-state index contributed by atoms with van der Waals surface area (Å²) in [5, 5.41) is 10.2. The summed E-state index contributed by atoms with van der Waals surface area (Å²) in [6.45, 7) is 4.05. The largest absolute Gasteiger partial charge is 0.494 e. The highest BCUT2D eigenvalue weighted by atomic mass is 16.3. The molecule has 1 atom stereocenters. The molecule has 0 bridgehead atoms. The van der Waals surface area contributed by atoms with Gasteiger partial charge in [-0.2, -0.15) is 0 Å². The predicted molar refractivity (Wildman–Crippen MR) is 85.9 cm³/mol. The van der Waals surface area contributed by atoms with E-state index in [1.54, 1.807) is 0 Å². The van der Waals surface area contributed by atoms with Crippen molar-refractivity contribution in [3.8, 4) is 5.88 Å². The Morgan fingerprint density at radius 3 is 2.64 bits per heavy atom. The molecule has 0 saturated carbocycles. The van der Waals surface area contributed by atoms with Gasteiger partial charge in [-0.25, -0.2) is 4.79 Å².